The zero-order chi connectivity index (χ0) is 36.9. The number of nitrogen functional groups attached to an aromatic ring is 1. The highest BCUT2D eigenvalue weighted by molar-refractivity contribution is 8.00. The number of halogens is 1. The Morgan fingerprint density at radius 3 is 2.45 bits per heavy atom. The van der Waals surface area contributed by atoms with Crippen molar-refractivity contribution in [2.75, 3.05) is 31.1 Å². The molecule has 3 amide bonds. The minimum Gasteiger partial charge on any atom is -0.504 e. The van der Waals surface area contributed by atoms with Crippen molar-refractivity contribution < 1.29 is 49.2 Å². The molecule has 3 fully saturated rings. The number of carboxylic acid groups (broad SMARTS) is 2. The molecule has 1 aromatic heterocycles. The number of aromatic nitrogens is 1. The summed E-state index contributed by atoms with van der Waals surface area (Å²) in [5.41, 5.74) is 6.70. The van der Waals surface area contributed by atoms with Gasteiger partial charge in [0.05, 0.1) is 10.6 Å². The number of thioether (sulfide) groups is 1. The molecule has 21 heteroatoms. The molecule has 6 rings (SSSR count). The second-order valence-electron chi connectivity index (χ2n) is 12.7. The number of β-lactam (4-membered cyclic amide) rings is 1. The molecule has 0 radical (unpaired) electrons. The Balaban J connectivity index is 1.13. The number of benzene rings is 1. The maximum Gasteiger partial charge on any atom is 0.352 e. The molecule has 0 aliphatic carbocycles. The van der Waals surface area contributed by atoms with Crippen LogP contribution in [-0.4, -0.2) is 130 Å². The second-order valence-corrected chi connectivity index (χ2v) is 15.1. The molecule has 3 saturated heterocycles. The van der Waals surface area contributed by atoms with Gasteiger partial charge in [-0.3, -0.25) is 29.6 Å². The third-order valence-corrected chi connectivity index (χ3v) is 11.4. The van der Waals surface area contributed by atoms with Crippen LogP contribution in [0.2, 0.25) is 5.02 Å². The van der Waals surface area contributed by atoms with Gasteiger partial charge in [0.1, 0.15) is 22.8 Å². The number of aliphatic carboxylic acids is 2. The number of oxime groups is 1. The van der Waals surface area contributed by atoms with E-state index in [-0.39, 0.29) is 51.5 Å². The maximum atomic E-state index is 13.4. The zero-order valence-electron chi connectivity index (χ0n) is 27.0. The SMILES string of the molecule is CC(C)(O/N=C(\C(=O)N[C@@H]1C(=O)N2C(C(=O)O)=C(CN3[C@@H]4CC[C@H]3CN(NC(=O)c3ccc(O)c(O)c3Cl)C4)CS[C@H]12)c1csc(N)n1)C(=O)O. The smallest absolute Gasteiger partial charge is 0.352 e. The molecule has 4 atom stereocenters. The molecule has 4 aliphatic rings. The molecule has 272 valence electrons. The van der Waals surface area contributed by atoms with E-state index in [1.807, 2.05) is 0 Å². The molecule has 0 spiro atoms. The molecule has 4 aliphatic heterocycles. The Labute approximate surface area is 302 Å². The lowest BCUT2D eigenvalue weighted by molar-refractivity contribution is -0.161. The summed E-state index contributed by atoms with van der Waals surface area (Å²) in [5.74, 6) is -5.49. The topological polar surface area (TPSA) is 261 Å². The standard InChI is InChI=1S/C30H33ClN8O10S2/c1-30(2,28(47)48)49-36-19(16-11-51-29(32)33-16)24(43)34-20-25(44)39-21(27(45)46)12(10-50-26(20)39)7-38-13-3-4-14(38)9-37(8-13)35-23(42)15-5-6-17(40)22(41)18(15)31/h5-6,11,13-14,20,26,40-41H,3-4,7-10H2,1-2H3,(H2,32,33)(H,34,43)(H,35,42)(H,45,46)(H,47,48)/b36-19-/t13-,14+,20-,26-/m1/s1. The third kappa shape index (κ3) is 6.88. The van der Waals surface area contributed by atoms with Crippen LogP contribution >= 0.6 is 34.7 Å². The van der Waals surface area contributed by atoms with Crippen LogP contribution in [0.1, 0.15) is 42.7 Å². The number of nitrogens with one attached hydrogen (secondary N) is 2. The Bertz CT molecular complexity index is 1870. The first-order chi connectivity index (χ1) is 24.1. The van der Waals surface area contributed by atoms with E-state index >= 15 is 0 Å². The van der Waals surface area contributed by atoms with Crippen LogP contribution in [0.4, 0.5) is 5.13 Å². The minimum absolute atomic E-state index is 0.00210. The number of rotatable bonds is 11. The number of phenolic OH excluding ortho intramolecular Hbond substituents is 2. The van der Waals surface area contributed by atoms with E-state index in [0.29, 0.717) is 18.7 Å². The van der Waals surface area contributed by atoms with Gasteiger partial charge in [-0.1, -0.05) is 16.8 Å². The summed E-state index contributed by atoms with van der Waals surface area (Å²) in [6, 6.07) is 1.29. The Morgan fingerprint density at radius 1 is 1.16 bits per heavy atom. The van der Waals surface area contributed by atoms with Crippen LogP contribution in [0.25, 0.3) is 0 Å². The van der Waals surface area contributed by atoms with Crippen molar-refractivity contribution in [2.45, 2.75) is 55.8 Å². The normalized spacial score (nSPS) is 23.8. The number of hydrogen-bond acceptors (Lipinski definition) is 15. The molecular weight excluding hydrogens is 732 g/mol. The molecular formula is C30H33ClN8O10S2. The third-order valence-electron chi connectivity index (χ3n) is 9.00. The predicted molar refractivity (Wildman–Crippen MR) is 183 cm³/mol. The molecule has 18 nitrogen and oxygen atoms in total. The number of aromatic hydroxyl groups is 2. The van der Waals surface area contributed by atoms with E-state index in [1.54, 1.807) is 5.01 Å². The van der Waals surface area contributed by atoms with Gasteiger partial charge < -0.3 is 36.3 Å². The highest BCUT2D eigenvalue weighted by atomic mass is 35.5. The summed E-state index contributed by atoms with van der Waals surface area (Å²) in [4.78, 5) is 76.4. The number of hydrazine groups is 1. The van der Waals surface area contributed by atoms with Crippen molar-refractivity contribution in [1.29, 1.82) is 0 Å². The average Bonchev–Trinajstić information content (AvgIpc) is 3.59. The summed E-state index contributed by atoms with van der Waals surface area (Å²) >= 11 is 8.37. The van der Waals surface area contributed by atoms with E-state index < -0.39 is 63.9 Å². The van der Waals surface area contributed by atoms with Gasteiger partial charge in [0.2, 0.25) is 5.60 Å². The van der Waals surface area contributed by atoms with Gasteiger partial charge in [0.15, 0.2) is 22.3 Å². The molecule has 2 aromatic rings. The lowest BCUT2D eigenvalue weighted by Gasteiger charge is -2.50. The number of carbonyl (C=O) groups excluding carboxylic acids is 3. The summed E-state index contributed by atoms with van der Waals surface area (Å²) in [7, 11) is 0. The number of amides is 3. The monoisotopic (exact) mass is 764 g/mol. The maximum absolute atomic E-state index is 13.4. The minimum atomic E-state index is -1.79. The molecule has 51 heavy (non-hydrogen) atoms. The number of carbonyl (C=O) groups is 5. The van der Waals surface area contributed by atoms with Gasteiger partial charge in [-0.2, -0.15) is 0 Å². The Kier molecular flexibility index (Phi) is 9.81. The number of carboxylic acids is 2. The summed E-state index contributed by atoms with van der Waals surface area (Å²) in [6.07, 6.45) is 1.59. The average molecular weight is 765 g/mol. The van der Waals surface area contributed by atoms with Crippen LogP contribution in [0.15, 0.2) is 33.9 Å². The van der Waals surface area contributed by atoms with Gasteiger partial charge in [-0.15, -0.1) is 23.1 Å². The van der Waals surface area contributed by atoms with Crippen molar-refractivity contribution >= 4 is 75.2 Å². The number of fused-ring (bicyclic) bond motifs is 3. The fourth-order valence-electron chi connectivity index (χ4n) is 6.31. The highest BCUT2D eigenvalue weighted by Gasteiger charge is 2.55. The van der Waals surface area contributed by atoms with Crippen molar-refractivity contribution in [3.05, 3.63) is 45.1 Å². The Hall–Kier alpha value is -4.63. The number of nitrogens with two attached hydrogens (primary N) is 1. The molecule has 1 aromatic carbocycles. The van der Waals surface area contributed by atoms with Crippen molar-refractivity contribution in [3.8, 4) is 11.5 Å². The number of anilines is 1. The van der Waals surface area contributed by atoms with Crippen molar-refractivity contribution in [3.63, 3.8) is 0 Å². The molecule has 5 heterocycles. The lowest BCUT2D eigenvalue weighted by Crippen LogP contribution is -2.71. The van der Waals surface area contributed by atoms with E-state index in [9.17, 15) is 44.4 Å². The molecule has 0 saturated carbocycles. The molecule has 8 N–H and O–H groups in total. The Morgan fingerprint density at radius 2 is 1.84 bits per heavy atom. The van der Waals surface area contributed by atoms with E-state index in [2.05, 4.69) is 25.8 Å². The number of nitrogens with zero attached hydrogens (tertiary/aromatic N) is 5. The van der Waals surface area contributed by atoms with Gasteiger partial charge in [0.25, 0.3) is 17.7 Å². The largest absolute Gasteiger partial charge is 0.504 e. The number of phenols is 2. The van der Waals surface area contributed by atoms with E-state index in [4.69, 9.17) is 22.2 Å². The molecule has 2 bridgehead atoms. The zero-order valence-corrected chi connectivity index (χ0v) is 29.4. The number of thiazole rings is 1. The highest BCUT2D eigenvalue weighted by Crippen LogP contribution is 2.42. The summed E-state index contributed by atoms with van der Waals surface area (Å²) in [5, 5.41) is 47.8. The summed E-state index contributed by atoms with van der Waals surface area (Å²) < 4.78 is 0. The van der Waals surface area contributed by atoms with E-state index in [0.717, 1.165) is 29.1 Å². The first kappa shape index (κ1) is 36.2. The van der Waals surface area contributed by atoms with Crippen LogP contribution in [0.5, 0.6) is 11.5 Å². The first-order valence-corrected chi connectivity index (χ1v) is 17.8. The van der Waals surface area contributed by atoms with Crippen LogP contribution in [-0.2, 0) is 24.0 Å². The van der Waals surface area contributed by atoms with Crippen molar-refractivity contribution in [1.82, 2.24) is 30.5 Å². The summed E-state index contributed by atoms with van der Waals surface area (Å²) in [6.45, 7) is 3.59. The number of hydrogen-bond donors (Lipinski definition) is 7. The van der Waals surface area contributed by atoms with Gasteiger partial charge in [-0.05, 0) is 44.4 Å². The van der Waals surface area contributed by atoms with Crippen molar-refractivity contribution in [2.24, 2.45) is 5.16 Å². The van der Waals surface area contributed by atoms with Crippen LogP contribution in [0, 0.1) is 0 Å². The van der Waals surface area contributed by atoms with Gasteiger partial charge in [-0.25, -0.2) is 19.6 Å². The van der Waals surface area contributed by atoms with Crippen LogP contribution in [0.3, 0.4) is 0 Å². The van der Waals surface area contributed by atoms with Crippen LogP contribution < -0.4 is 16.5 Å². The predicted octanol–water partition coefficient (Wildman–Crippen LogP) is 0.606. The lowest BCUT2D eigenvalue weighted by atomic mass is 10.0. The van der Waals surface area contributed by atoms with Gasteiger partial charge >= 0.3 is 11.9 Å². The fraction of sp³-hybridized carbons (Fsp3) is 0.433. The first-order valence-electron chi connectivity index (χ1n) is 15.5. The fourth-order valence-corrected chi connectivity index (χ4v) is 8.44. The van der Waals surface area contributed by atoms with Gasteiger partial charge in [0, 0.05) is 42.9 Å². The number of piperazine rings is 1. The second kappa shape index (κ2) is 13.8. The molecule has 0 unspecified atom stereocenters. The van der Waals surface area contributed by atoms with E-state index in [1.165, 1.54) is 43.1 Å². The quantitative estimate of drug-likeness (QED) is 0.0716.